The van der Waals surface area contributed by atoms with Gasteiger partial charge in [-0.3, -0.25) is 14.4 Å². The van der Waals surface area contributed by atoms with E-state index in [1.807, 2.05) is 11.5 Å². The molecule has 2 aromatic heterocycles. The fraction of sp³-hybridized carbons (Fsp3) is 0.364. The van der Waals surface area contributed by atoms with Crippen molar-refractivity contribution in [3.63, 3.8) is 0 Å². The van der Waals surface area contributed by atoms with Gasteiger partial charge in [0.1, 0.15) is 28.5 Å². The van der Waals surface area contributed by atoms with Gasteiger partial charge in [-0.15, -0.1) is 21.5 Å². The van der Waals surface area contributed by atoms with Crippen LogP contribution in [0.2, 0.25) is 0 Å². The van der Waals surface area contributed by atoms with Gasteiger partial charge in [0, 0.05) is 16.4 Å². The van der Waals surface area contributed by atoms with Crippen molar-refractivity contribution in [3.8, 4) is 5.00 Å². The molecule has 2 atom stereocenters. The number of aliphatic imine (C=N–C) groups is 1. The number of halogens is 2. The Balaban J connectivity index is 1.65. The highest BCUT2D eigenvalue weighted by Gasteiger charge is 2.40. The average Bonchev–Trinajstić information content (AvgIpc) is 3.21. The first-order chi connectivity index (χ1) is 14.9. The van der Waals surface area contributed by atoms with Crippen LogP contribution in [0, 0.1) is 17.6 Å². The third-order valence-corrected chi connectivity index (χ3v) is 7.53. The van der Waals surface area contributed by atoms with Gasteiger partial charge >= 0.3 is 5.97 Å². The first-order valence-corrected chi connectivity index (χ1v) is 11.1. The number of aromatic nitrogens is 3. The van der Waals surface area contributed by atoms with Crippen LogP contribution in [-0.4, -0.2) is 31.6 Å². The van der Waals surface area contributed by atoms with Gasteiger partial charge in [-0.05, 0) is 50.3 Å². The number of aliphatic carboxylic acids is 1. The van der Waals surface area contributed by atoms with E-state index in [0.717, 1.165) is 34.1 Å². The number of fused-ring (bicyclic) bond motifs is 5. The Labute approximate surface area is 180 Å². The SMILES string of the molecule is C[C@@H]1N=C(c2c(F)cccc2F)c2c(sc3c2CC(C(=O)O)C3)-n2c(C3CC3)nnc21. The highest BCUT2D eigenvalue weighted by Crippen LogP contribution is 2.47. The van der Waals surface area contributed by atoms with E-state index in [9.17, 15) is 18.7 Å². The Kier molecular flexibility index (Phi) is 3.96. The second kappa shape index (κ2) is 6.53. The van der Waals surface area contributed by atoms with Gasteiger partial charge in [0.05, 0.1) is 17.2 Å². The molecule has 1 unspecified atom stereocenters. The van der Waals surface area contributed by atoms with Crippen molar-refractivity contribution in [3.05, 3.63) is 63.0 Å². The molecule has 158 valence electrons. The number of carboxylic acid groups (broad SMARTS) is 1. The summed E-state index contributed by atoms with van der Waals surface area (Å²) in [4.78, 5) is 17.3. The zero-order valence-electron chi connectivity index (χ0n) is 16.6. The van der Waals surface area contributed by atoms with Gasteiger partial charge < -0.3 is 5.11 Å². The Morgan fingerprint density at radius 2 is 1.84 bits per heavy atom. The van der Waals surface area contributed by atoms with Crippen molar-refractivity contribution in [1.29, 1.82) is 0 Å². The van der Waals surface area contributed by atoms with E-state index in [1.165, 1.54) is 29.5 Å². The van der Waals surface area contributed by atoms with Gasteiger partial charge in [0.2, 0.25) is 0 Å². The van der Waals surface area contributed by atoms with E-state index in [-0.39, 0.29) is 11.3 Å². The Morgan fingerprint density at radius 3 is 2.52 bits per heavy atom. The second-order valence-corrected chi connectivity index (χ2v) is 9.49. The van der Waals surface area contributed by atoms with Crippen LogP contribution in [0.3, 0.4) is 0 Å². The summed E-state index contributed by atoms with van der Waals surface area (Å²) in [6, 6.07) is 3.31. The van der Waals surface area contributed by atoms with Crippen LogP contribution >= 0.6 is 11.3 Å². The predicted molar refractivity (Wildman–Crippen MR) is 110 cm³/mol. The lowest BCUT2D eigenvalue weighted by molar-refractivity contribution is -0.141. The fourth-order valence-electron chi connectivity index (χ4n) is 4.62. The molecule has 1 N–H and O–H groups in total. The number of benzene rings is 1. The number of carbonyl (C=O) groups is 1. The van der Waals surface area contributed by atoms with Crippen LogP contribution in [-0.2, 0) is 17.6 Å². The van der Waals surface area contributed by atoms with Crippen molar-refractivity contribution in [2.24, 2.45) is 10.9 Å². The molecule has 2 aliphatic carbocycles. The summed E-state index contributed by atoms with van der Waals surface area (Å²) in [5.74, 6) is -0.973. The normalized spacial score (nSPS) is 21.8. The maximum Gasteiger partial charge on any atom is 0.307 e. The molecule has 1 aromatic carbocycles. The van der Waals surface area contributed by atoms with Gasteiger partial charge in [-0.2, -0.15) is 0 Å². The number of hydrogen-bond donors (Lipinski definition) is 1. The maximum atomic E-state index is 14.9. The predicted octanol–water partition coefficient (Wildman–Crippen LogP) is 4.20. The lowest BCUT2D eigenvalue weighted by Crippen LogP contribution is -2.16. The summed E-state index contributed by atoms with van der Waals surface area (Å²) >= 11 is 1.47. The van der Waals surface area contributed by atoms with Crippen LogP contribution in [0.5, 0.6) is 0 Å². The molecule has 1 saturated carbocycles. The van der Waals surface area contributed by atoms with Gasteiger partial charge in [0.25, 0.3) is 0 Å². The van der Waals surface area contributed by atoms with Gasteiger partial charge in [0.15, 0.2) is 5.82 Å². The van der Waals surface area contributed by atoms with Crippen LogP contribution in [0.15, 0.2) is 23.2 Å². The minimum Gasteiger partial charge on any atom is -0.481 e. The number of hydrogen-bond acceptors (Lipinski definition) is 5. The highest BCUT2D eigenvalue weighted by molar-refractivity contribution is 7.15. The largest absolute Gasteiger partial charge is 0.481 e. The first kappa shape index (κ1) is 18.8. The second-order valence-electron chi connectivity index (χ2n) is 8.40. The third-order valence-electron chi connectivity index (χ3n) is 6.30. The quantitative estimate of drug-likeness (QED) is 0.662. The summed E-state index contributed by atoms with van der Waals surface area (Å²) in [6.07, 6.45) is 2.78. The van der Waals surface area contributed by atoms with E-state index in [0.29, 0.717) is 30.1 Å². The lowest BCUT2D eigenvalue weighted by atomic mass is 9.97. The Hall–Kier alpha value is -2.94. The van der Waals surface area contributed by atoms with Crippen LogP contribution in [0.1, 0.15) is 64.9 Å². The van der Waals surface area contributed by atoms with Crippen LogP contribution < -0.4 is 0 Å². The summed E-state index contributed by atoms with van der Waals surface area (Å²) < 4.78 is 31.8. The molecule has 3 heterocycles. The van der Waals surface area contributed by atoms with Crippen LogP contribution in [0.25, 0.3) is 5.00 Å². The summed E-state index contributed by atoms with van der Waals surface area (Å²) in [7, 11) is 0. The molecule has 1 aliphatic heterocycles. The molecular formula is C22H18F2N4O2S. The van der Waals surface area contributed by atoms with Crippen molar-refractivity contribution in [1.82, 2.24) is 14.8 Å². The number of rotatable bonds is 3. The number of thiophene rings is 1. The molecule has 6 nitrogen and oxygen atoms in total. The van der Waals surface area contributed by atoms with Crippen molar-refractivity contribution in [2.45, 2.75) is 44.6 Å². The summed E-state index contributed by atoms with van der Waals surface area (Å²) in [5, 5.41) is 19.2. The first-order valence-electron chi connectivity index (χ1n) is 10.3. The monoisotopic (exact) mass is 440 g/mol. The van der Waals surface area contributed by atoms with Crippen molar-refractivity contribution in [2.75, 3.05) is 0 Å². The smallest absolute Gasteiger partial charge is 0.307 e. The zero-order valence-corrected chi connectivity index (χ0v) is 17.4. The molecule has 3 aromatic rings. The molecule has 0 radical (unpaired) electrons. The molecular weight excluding hydrogens is 422 g/mol. The molecule has 0 amide bonds. The summed E-state index contributed by atoms with van der Waals surface area (Å²) in [6.45, 7) is 1.84. The molecule has 3 aliphatic rings. The topological polar surface area (TPSA) is 80.4 Å². The van der Waals surface area contributed by atoms with Crippen LogP contribution in [0.4, 0.5) is 8.78 Å². The minimum atomic E-state index is -0.863. The molecule has 0 spiro atoms. The zero-order chi connectivity index (χ0) is 21.4. The van der Waals surface area contributed by atoms with Crippen molar-refractivity contribution >= 4 is 23.0 Å². The molecule has 0 saturated heterocycles. The Bertz CT molecular complexity index is 1270. The summed E-state index contributed by atoms with van der Waals surface area (Å²) in [5.41, 5.74) is 1.50. The van der Waals surface area contributed by atoms with E-state index in [1.54, 1.807) is 0 Å². The maximum absolute atomic E-state index is 14.9. The third kappa shape index (κ3) is 2.72. The standard InChI is InChI=1S/C22H18F2N4O2S/c1-9-19-26-27-20(10-5-6-10)28(19)21-16(12-7-11(22(29)30)8-15(12)31-21)18(25-9)17-13(23)3-2-4-14(17)24/h2-4,9-11H,5-8H2,1H3,(H,29,30)/t9-,11?/m0/s1. The highest BCUT2D eigenvalue weighted by atomic mass is 32.1. The van der Waals surface area contributed by atoms with E-state index >= 15 is 0 Å². The van der Waals surface area contributed by atoms with Crippen molar-refractivity contribution < 1.29 is 18.7 Å². The van der Waals surface area contributed by atoms with E-state index in [2.05, 4.69) is 10.2 Å². The molecule has 1 fully saturated rings. The molecule has 6 rings (SSSR count). The fourth-order valence-corrected chi connectivity index (χ4v) is 6.05. The van der Waals surface area contributed by atoms with Gasteiger partial charge in [-0.25, -0.2) is 8.78 Å². The number of carboxylic acids is 1. The van der Waals surface area contributed by atoms with Gasteiger partial charge in [-0.1, -0.05) is 6.07 Å². The lowest BCUT2D eigenvalue weighted by Gasteiger charge is -2.13. The molecule has 0 bridgehead atoms. The number of nitrogens with zero attached hydrogens (tertiary/aromatic N) is 4. The van der Waals surface area contributed by atoms with E-state index in [4.69, 9.17) is 4.99 Å². The van der Waals surface area contributed by atoms with E-state index < -0.39 is 29.6 Å². The average molecular weight is 440 g/mol. The molecule has 9 heteroatoms. The Morgan fingerprint density at radius 1 is 1.13 bits per heavy atom. The minimum absolute atomic E-state index is 0.179. The molecule has 31 heavy (non-hydrogen) atoms.